The van der Waals surface area contributed by atoms with Crippen LogP contribution in [0.15, 0.2) is 59.8 Å². The zero-order valence-electron chi connectivity index (χ0n) is 13.1. The lowest BCUT2D eigenvalue weighted by Crippen LogP contribution is -2.16. The summed E-state index contributed by atoms with van der Waals surface area (Å²) in [5, 5.41) is 19.1. The van der Waals surface area contributed by atoms with Crippen molar-refractivity contribution in [2.24, 2.45) is 0 Å². The molecule has 24 heavy (non-hydrogen) atoms. The number of hydrogen-bond donors (Lipinski definition) is 2. The lowest BCUT2D eigenvalue weighted by Gasteiger charge is -2.12. The number of benzene rings is 1. The number of nitrogens with zero attached hydrogens (tertiary/aromatic N) is 2. The molecule has 0 saturated heterocycles. The molecule has 3 aromatic rings. The van der Waals surface area contributed by atoms with Crippen LogP contribution in [0.4, 0.5) is 0 Å². The molecule has 0 amide bonds. The fourth-order valence-electron chi connectivity index (χ4n) is 2.64. The Labute approximate surface area is 140 Å². The molecule has 0 unspecified atom stereocenters. The normalized spacial score (nSPS) is 11.8. The van der Waals surface area contributed by atoms with Crippen molar-refractivity contribution in [1.82, 2.24) is 8.54 Å². The van der Waals surface area contributed by atoms with Crippen LogP contribution in [0.25, 0.3) is 5.69 Å². The highest BCUT2D eigenvalue weighted by atomic mass is 32.2. The van der Waals surface area contributed by atoms with Gasteiger partial charge in [0.2, 0.25) is 0 Å². The van der Waals surface area contributed by atoms with E-state index in [9.17, 15) is 18.6 Å². The van der Waals surface area contributed by atoms with Crippen molar-refractivity contribution in [3.63, 3.8) is 0 Å². The number of aromatic nitrogens is 2. The quantitative estimate of drug-likeness (QED) is 0.738. The van der Waals surface area contributed by atoms with Crippen LogP contribution >= 0.6 is 0 Å². The third-order valence-corrected chi connectivity index (χ3v) is 5.64. The monoisotopic (exact) mass is 346 g/mol. The molecule has 0 atom stereocenters. The maximum absolute atomic E-state index is 12.9. The first-order chi connectivity index (χ1) is 11.5. The highest BCUT2D eigenvalue weighted by molar-refractivity contribution is 7.90. The molecule has 0 saturated carbocycles. The summed E-state index contributed by atoms with van der Waals surface area (Å²) < 4.78 is 28.4. The average Bonchev–Trinajstić information content (AvgIpc) is 3.21. The van der Waals surface area contributed by atoms with Gasteiger partial charge in [0.05, 0.1) is 29.5 Å². The molecule has 0 aliphatic heterocycles. The second-order valence-electron chi connectivity index (χ2n) is 5.45. The second-order valence-corrected chi connectivity index (χ2v) is 7.26. The smallest absolute Gasteiger partial charge is 0.267 e. The molecule has 2 aromatic heterocycles. The van der Waals surface area contributed by atoms with Gasteiger partial charge in [-0.1, -0.05) is 17.7 Å². The van der Waals surface area contributed by atoms with Gasteiger partial charge in [0.15, 0.2) is 0 Å². The number of aliphatic hydroxyl groups is 2. The van der Waals surface area contributed by atoms with Gasteiger partial charge in [0, 0.05) is 18.1 Å². The standard InChI is InChI=1S/C17H18N2O4S/c1-13-4-6-15(7-5-13)24(22,23)19-10-8-16(17(19)12-21)18-9-2-3-14(18)11-20/h2-10,20-21H,11-12H2,1H3. The Morgan fingerprint density at radius 3 is 2.29 bits per heavy atom. The molecule has 2 heterocycles. The van der Waals surface area contributed by atoms with E-state index in [1.807, 2.05) is 6.92 Å². The van der Waals surface area contributed by atoms with Gasteiger partial charge in [-0.2, -0.15) is 0 Å². The zero-order valence-corrected chi connectivity index (χ0v) is 13.9. The van der Waals surface area contributed by atoms with Crippen LogP contribution in [0.5, 0.6) is 0 Å². The first kappa shape index (κ1) is 16.5. The van der Waals surface area contributed by atoms with Crippen LogP contribution < -0.4 is 0 Å². The molecule has 6 nitrogen and oxygen atoms in total. The van der Waals surface area contributed by atoms with E-state index in [0.29, 0.717) is 11.4 Å². The minimum atomic E-state index is -3.81. The Hall–Kier alpha value is -2.35. The summed E-state index contributed by atoms with van der Waals surface area (Å²) in [6.45, 7) is 1.25. The Morgan fingerprint density at radius 1 is 0.958 bits per heavy atom. The molecule has 0 aliphatic carbocycles. The fraction of sp³-hybridized carbons (Fsp3) is 0.176. The van der Waals surface area contributed by atoms with E-state index in [-0.39, 0.29) is 17.2 Å². The summed E-state index contributed by atoms with van der Waals surface area (Å²) >= 11 is 0. The van der Waals surface area contributed by atoms with Crippen molar-refractivity contribution >= 4 is 10.0 Å². The fourth-order valence-corrected chi connectivity index (χ4v) is 4.01. The van der Waals surface area contributed by atoms with Crippen molar-refractivity contribution in [3.8, 4) is 5.69 Å². The SMILES string of the molecule is Cc1ccc(S(=O)(=O)n2ccc(-n3cccc3CO)c2CO)cc1. The van der Waals surface area contributed by atoms with Crippen LogP contribution in [0, 0.1) is 6.92 Å². The van der Waals surface area contributed by atoms with Gasteiger partial charge < -0.3 is 14.8 Å². The van der Waals surface area contributed by atoms with Gasteiger partial charge in [-0.3, -0.25) is 0 Å². The second kappa shape index (κ2) is 6.27. The molecule has 0 spiro atoms. The van der Waals surface area contributed by atoms with Crippen molar-refractivity contribution in [2.75, 3.05) is 0 Å². The van der Waals surface area contributed by atoms with Gasteiger partial charge in [0.1, 0.15) is 0 Å². The predicted molar refractivity (Wildman–Crippen MR) is 89.4 cm³/mol. The zero-order chi connectivity index (χ0) is 17.3. The molecule has 0 radical (unpaired) electrons. The summed E-state index contributed by atoms with van der Waals surface area (Å²) in [6.07, 6.45) is 3.13. The van der Waals surface area contributed by atoms with E-state index in [2.05, 4.69) is 0 Å². The Morgan fingerprint density at radius 2 is 1.67 bits per heavy atom. The molecular weight excluding hydrogens is 328 g/mol. The molecule has 126 valence electrons. The van der Waals surface area contributed by atoms with Crippen LogP contribution in [-0.4, -0.2) is 27.2 Å². The summed E-state index contributed by atoms with van der Waals surface area (Å²) in [5.74, 6) is 0. The van der Waals surface area contributed by atoms with Crippen LogP contribution in [-0.2, 0) is 23.2 Å². The first-order valence-corrected chi connectivity index (χ1v) is 8.84. The van der Waals surface area contributed by atoms with Crippen LogP contribution in [0.1, 0.15) is 17.0 Å². The largest absolute Gasteiger partial charge is 0.390 e. The van der Waals surface area contributed by atoms with E-state index in [0.717, 1.165) is 9.54 Å². The molecule has 0 fully saturated rings. The molecule has 0 aliphatic rings. The molecule has 7 heteroatoms. The topological polar surface area (TPSA) is 84.5 Å². The van der Waals surface area contributed by atoms with Crippen LogP contribution in [0.2, 0.25) is 0 Å². The van der Waals surface area contributed by atoms with Gasteiger partial charge in [0.25, 0.3) is 10.0 Å². The number of aliphatic hydroxyl groups excluding tert-OH is 2. The summed E-state index contributed by atoms with van der Waals surface area (Å²) in [7, 11) is -3.81. The van der Waals surface area contributed by atoms with E-state index in [1.54, 1.807) is 53.2 Å². The average molecular weight is 346 g/mol. The van der Waals surface area contributed by atoms with Gasteiger partial charge in [-0.25, -0.2) is 12.4 Å². The Bertz CT molecular complexity index is 953. The van der Waals surface area contributed by atoms with E-state index < -0.39 is 16.6 Å². The van der Waals surface area contributed by atoms with E-state index in [4.69, 9.17) is 0 Å². The van der Waals surface area contributed by atoms with Crippen molar-refractivity contribution in [2.45, 2.75) is 25.0 Å². The summed E-state index contributed by atoms with van der Waals surface area (Å²) in [6, 6.07) is 11.6. The molecule has 1 aromatic carbocycles. The van der Waals surface area contributed by atoms with Crippen molar-refractivity contribution < 1.29 is 18.6 Å². The molecular formula is C17H18N2O4S. The third-order valence-electron chi connectivity index (χ3n) is 3.91. The molecule has 3 rings (SSSR count). The van der Waals surface area contributed by atoms with E-state index >= 15 is 0 Å². The van der Waals surface area contributed by atoms with Crippen molar-refractivity contribution in [3.05, 3.63) is 71.8 Å². The maximum Gasteiger partial charge on any atom is 0.267 e. The van der Waals surface area contributed by atoms with Crippen molar-refractivity contribution in [1.29, 1.82) is 0 Å². The van der Waals surface area contributed by atoms with Gasteiger partial charge in [-0.15, -0.1) is 0 Å². The van der Waals surface area contributed by atoms with Crippen LogP contribution in [0.3, 0.4) is 0 Å². The third kappa shape index (κ3) is 2.66. The van der Waals surface area contributed by atoms with E-state index in [1.165, 1.54) is 6.20 Å². The molecule has 0 bridgehead atoms. The summed E-state index contributed by atoms with van der Waals surface area (Å²) in [5.41, 5.74) is 2.32. The lowest BCUT2D eigenvalue weighted by atomic mass is 10.2. The minimum absolute atomic E-state index is 0.153. The summed E-state index contributed by atoms with van der Waals surface area (Å²) in [4.78, 5) is 0.153. The Balaban J connectivity index is 2.14. The number of aryl methyl sites for hydroxylation is 1. The minimum Gasteiger partial charge on any atom is -0.390 e. The number of hydrogen-bond acceptors (Lipinski definition) is 4. The lowest BCUT2D eigenvalue weighted by molar-refractivity contribution is 0.270. The van der Waals surface area contributed by atoms with Gasteiger partial charge in [-0.05, 0) is 37.3 Å². The Kier molecular flexibility index (Phi) is 4.31. The first-order valence-electron chi connectivity index (χ1n) is 7.40. The predicted octanol–water partition coefficient (Wildman–Crippen LogP) is 1.81. The number of rotatable bonds is 5. The maximum atomic E-state index is 12.9. The highest BCUT2D eigenvalue weighted by Crippen LogP contribution is 2.24. The van der Waals surface area contributed by atoms with Gasteiger partial charge >= 0.3 is 0 Å². The molecule has 2 N–H and O–H groups in total. The highest BCUT2D eigenvalue weighted by Gasteiger charge is 2.22.